The summed E-state index contributed by atoms with van der Waals surface area (Å²) in [7, 11) is 0. The molecule has 2 aromatic carbocycles. The Morgan fingerprint density at radius 1 is 1.15 bits per heavy atom. The number of benzene rings is 2. The molecule has 2 heterocycles. The lowest BCUT2D eigenvalue weighted by Gasteiger charge is -2.13. The van der Waals surface area contributed by atoms with Gasteiger partial charge in [0, 0.05) is 13.0 Å². The summed E-state index contributed by atoms with van der Waals surface area (Å²) >= 11 is 5.91. The van der Waals surface area contributed by atoms with Gasteiger partial charge >= 0.3 is 6.18 Å². The zero-order chi connectivity index (χ0) is 24.6. The first-order valence-electron chi connectivity index (χ1n) is 9.92. The van der Waals surface area contributed by atoms with Crippen LogP contribution in [-0.2, 0) is 17.5 Å². The van der Waals surface area contributed by atoms with E-state index in [1.165, 1.54) is 39.7 Å². The van der Waals surface area contributed by atoms with Gasteiger partial charge in [0.2, 0.25) is 5.91 Å². The van der Waals surface area contributed by atoms with E-state index in [1.54, 1.807) is 6.92 Å². The molecule has 0 radical (unpaired) electrons. The van der Waals surface area contributed by atoms with Crippen LogP contribution in [0, 0.1) is 12.7 Å². The highest BCUT2D eigenvalue weighted by Gasteiger charge is 2.31. The Morgan fingerprint density at radius 2 is 1.85 bits per heavy atom. The first-order valence-corrected chi connectivity index (χ1v) is 10.3. The number of anilines is 1. The largest absolute Gasteiger partial charge is 0.416 e. The molecule has 1 N–H and O–H groups in total. The number of nitrogens with one attached hydrogen (secondary N) is 1. The van der Waals surface area contributed by atoms with Gasteiger partial charge in [0.1, 0.15) is 17.0 Å². The van der Waals surface area contributed by atoms with Gasteiger partial charge in [0.25, 0.3) is 5.56 Å². The molecule has 7 nitrogen and oxygen atoms in total. The molecule has 1 amide bonds. The summed E-state index contributed by atoms with van der Waals surface area (Å²) in [5, 5.41) is 6.65. The molecule has 176 valence electrons. The zero-order valence-corrected chi connectivity index (χ0v) is 18.3. The summed E-state index contributed by atoms with van der Waals surface area (Å²) in [6.45, 7) is 1.50. The van der Waals surface area contributed by atoms with Crippen LogP contribution in [0.15, 0.2) is 53.5 Å². The van der Waals surface area contributed by atoms with Crippen molar-refractivity contribution in [2.24, 2.45) is 0 Å². The molecule has 0 fully saturated rings. The van der Waals surface area contributed by atoms with Crippen LogP contribution in [0.4, 0.5) is 23.2 Å². The van der Waals surface area contributed by atoms with Gasteiger partial charge in [-0.05, 0) is 49.4 Å². The van der Waals surface area contributed by atoms with Crippen LogP contribution in [0.1, 0.15) is 17.8 Å². The van der Waals surface area contributed by atoms with Crippen LogP contribution >= 0.6 is 11.6 Å². The molecule has 0 saturated heterocycles. The highest BCUT2D eigenvalue weighted by molar-refractivity contribution is 6.33. The van der Waals surface area contributed by atoms with E-state index in [0.29, 0.717) is 11.5 Å². The van der Waals surface area contributed by atoms with Crippen LogP contribution in [0.3, 0.4) is 0 Å². The number of carbonyl (C=O) groups excluding carboxylic acids is 1. The van der Waals surface area contributed by atoms with Crippen molar-refractivity contribution in [3.05, 3.63) is 81.2 Å². The Labute approximate surface area is 194 Å². The quantitative estimate of drug-likeness (QED) is 0.407. The summed E-state index contributed by atoms with van der Waals surface area (Å²) in [4.78, 5) is 29.7. The second-order valence-electron chi connectivity index (χ2n) is 7.38. The van der Waals surface area contributed by atoms with Gasteiger partial charge in [0.05, 0.1) is 28.2 Å². The number of aromatic nitrogens is 4. The lowest BCUT2D eigenvalue weighted by Crippen LogP contribution is -2.26. The molecule has 4 rings (SSSR count). The number of nitrogens with zero attached hydrogens (tertiary/aromatic N) is 4. The Morgan fingerprint density at radius 3 is 2.53 bits per heavy atom. The first-order chi connectivity index (χ1) is 16.0. The average Bonchev–Trinajstić information content (AvgIpc) is 3.18. The highest BCUT2D eigenvalue weighted by Crippen LogP contribution is 2.33. The van der Waals surface area contributed by atoms with Crippen molar-refractivity contribution in [3.63, 3.8) is 0 Å². The number of amides is 1. The number of carbonyl (C=O) groups is 1. The fourth-order valence-electron chi connectivity index (χ4n) is 3.36. The summed E-state index contributed by atoms with van der Waals surface area (Å²) in [6, 6.07) is 8.10. The van der Waals surface area contributed by atoms with Crippen molar-refractivity contribution in [1.29, 1.82) is 0 Å². The minimum absolute atomic E-state index is 0.0500. The lowest BCUT2D eigenvalue weighted by atomic mass is 10.2. The maximum absolute atomic E-state index is 13.2. The Kier molecular flexibility index (Phi) is 6.13. The molecule has 0 aliphatic heterocycles. The van der Waals surface area contributed by atoms with E-state index in [1.807, 2.05) is 0 Å². The average molecular weight is 494 g/mol. The van der Waals surface area contributed by atoms with Crippen molar-refractivity contribution in [2.75, 3.05) is 5.32 Å². The molecule has 0 aliphatic rings. The van der Waals surface area contributed by atoms with E-state index in [2.05, 4.69) is 15.4 Å². The lowest BCUT2D eigenvalue weighted by molar-refractivity contribution is -0.137. The smallest absolute Gasteiger partial charge is 0.325 e. The molecule has 0 aliphatic carbocycles. The second-order valence-corrected chi connectivity index (χ2v) is 7.78. The van der Waals surface area contributed by atoms with E-state index < -0.39 is 29.0 Å². The topological polar surface area (TPSA) is 81.8 Å². The maximum atomic E-state index is 13.2. The molecule has 0 bridgehead atoms. The van der Waals surface area contributed by atoms with Gasteiger partial charge in [-0.15, -0.1) is 0 Å². The standard InChI is InChI=1S/C22H16ClF4N5O2/c1-12-29-20-16(11-28-32(20)15-5-3-14(24)4-6-15)21(34)31(12)9-8-19(33)30-18-10-13(22(25,26)27)2-7-17(18)23/h2-7,10-11H,8-9H2,1H3,(H,30,33). The fourth-order valence-corrected chi connectivity index (χ4v) is 3.53. The summed E-state index contributed by atoms with van der Waals surface area (Å²) in [5.74, 6) is -0.753. The molecule has 2 aromatic heterocycles. The third kappa shape index (κ3) is 4.65. The number of rotatable bonds is 5. The number of alkyl halides is 3. The van der Waals surface area contributed by atoms with Gasteiger partial charge in [-0.25, -0.2) is 14.1 Å². The summed E-state index contributed by atoms with van der Waals surface area (Å²) in [5.41, 5.74) is -0.795. The van der Waals surface area contributed by atoms with Crippen molar-refractivity contribution in [2.45, 2.75) is 26.1 Å². The molecule has 12 heteroatoms. The molecular formula is C22H16ClF4N5O2. The van der Waals surface area contributed by atoms with Gasteiger partial charge in [-0.1, -0.05) is 11.6 Å². The highest BCUT2D eigenvalue weighted by atomic mass is 35.5. The van der Waals surface area contributed by atoms with E-state index in [4.69, 9.17) is 11.6 Å². The molecule has 0 saturated carbocycles. The minimum Gasteiger partial charge on any atom is -0.325 e. The third-order valence-corrected chi connectivity index (χ3v) is 5.41. The van der Waals surface area contributed by atoms with Crippen LogP contribution in [0.2, 0.25) is 5.02 Å². The molecule has 0 spiro atoms. The normalized spacial score (nSPS) is 11.7. The van der Waals surface area contributed by atoms with Crippen LogP contribution in [-0.4, -0.2) is 25.2 Å². The molecule has 0 atom stereocenters. The van der Waals surface area contributed by atoms with Crippen molar-refractivity contribution in [3.8, 4) is 5.69 Å². The third-order valence-electron chi connectivity index (χ3n) is 5.08. The number of hydrogen-bond donors (Lipinski definition) is 1. The van der Waals surface area contributed by atoms with E-state index in [9.17, 15) is 27.2 Å². The Bertz CT molecular complexity index is 1440. The predicted octanol–water partition coefficient (Wildman–Crippen LogP) is 4.73. The van der Waals surface area contributed by atoms with Gasteiger partial charge < -0.3 is 5.32 Å². The summed E-state index contributed by atoms with van der Waals surface area (Å²) in [6.07, 6.45) is -3.48. The number of hydrogen-bond acceptors (Lipinski definition) is 4. The maximum Gasteiger partial charge on any atom is 0.416 e. The van der Waals surface area contributed by atoms with Gasteiger partial charge in [0.15, 0.2) is 5.65 Å². The second kappa shape index (κ2) is 8.90. The van der Waals surface area contributed by atoms with Gasteiger partial charge in [-0.2, -0.15) is 18.3 Å². The monoisotopic (exact) mass is 493 g/mol. The molecule has 34 heavy (non-hydrogen) atoms. The van der Waals surface area contributed by atoms with E-state index in [-0.39, 0.29) is 34.7 Å². The number of halogens is 5. The van der Waals surface area contributed by atoms with Crippen LogP contribution in [0.25, 0.3) is 16.7 Å². The SMILES string of the molecule is Cc1nc2c(cnn2-c2ccc(F)cc2)c(=O)n1CCC(=O)Nc1cc(C(F)(F)F)ccc1Cl. The van der Waals surface area contributed by atoms with Crippen molar-refractivity contribution < 1.29 is 22.4 Å². The predicted molar refractivity (Wildman–Crippen MR) is 118 cm³/mol. The Balaban J connectivity index is 1.55. The molecular weight excluding hydrogens is 478 g/mol. The van der Waals surface area contributed by atoms with E-state index >= 15 is 0 Å². The number of fused-ring (bicyclic) bond motifs is 1. The summed E-state index contributed by atoms with van der Waals surface area (Å²) < 4.78 is 54.7. The Hall–Kier alpha value is -3.73. The number of aryl methyl sites for hydroxylation is 1. The molecule has 0 unspecified atom stereocenters. The minimum atomic E-state index is -4.59. The van der Waals surface area contributed by atoms with Crippen molar-refractivity contribution >= 4 is 34.2 Å². The van der Waals surface area contributed by atoms with Crippen molar-refractivity contribution in [1.82, 2.24) is 19.3 Å². The van der Waals surface area contributed by atoms with E-state index in [0.717, 1.165) is 18.2 Å². The van der Waals surface area contributed by atoms with Gasteiger partial charge in [-0.3, -0.25) is 14.2 Å². The van der Waals surface area contributed by atoms with Crippen LogP contribution in [0.5, 0.6) is 0 Å². The first kappa shape index (κ1) is 23.4. The zero-order valence-electron chi connectivity index (χ0n) is 17.5. The fraction of sp³-hybridized carbons (Fsp3) is 0.182. The van der Waals surface area contributed by atoms with Crippen LogP contribution < -0.4 is 10.9 Å². The molecule has 4 aromatic rings.